The van der Waals surface area contributed by atoms with Crippen molar-refractivity contribution in [1.29, 1.82) is 0 Å². The summed E-state index contributed by atoms with van der Waals surface area (Å²) in [6.45, 7) is 3.04. The summed E-state index contributed by atoms with van der Waals surface area (Å²) in [6, 6.07) is 3.47. The Kier molecular flexibility index (Phi) is 4.65. The first-order valence-electron chi connectivity index (χ1n) is 9.63. The van der Waals surface area contributed by atoms with E-state index in [4.69, 9.17) is 0 Å². The first-order chi connectivity index (χ1) is 12.5. The van der Waals surface area contributed by atoms with Crippen molar-refractivity contribution >= 4 is 21.6 Å². The summed E-state index contributed by atoms with van der Waals surface area (Å²) in [7, 11) is -3.56. The number of amides is 1. The molecule has 2 heterocycles. The Labute approximate surface area is 155 Å². The molecule has 0 saturated heterocycles. The molecule has 0 saturated carbocycles. The number of hydrogen-bond acceptors (Lipinski definition) is 3. The molecule has 26 heavy (non-hydrogen) atoms. The highest BCUT2D eigenvalue weighted by molar-refractivity contribution is 7.89. The van der Waals surface area contributed by atoms with Gasteiger partial charge in [0.15, 0.2) is 0 Å². The van der Waals surface area contributed by atoms with Crippen molar-refractivity contribution < 1.29 is 13.2 Å². The second-order valence-corrected chi connectivity index (χ2v) is 9.36. The number of aryl methyl sites for hydroxylation is 1. The number of carbonyl (C=O) groups is 1. The monoisotopic (exact) mass is 374 g/mol. The van der Waals surface area contributed by atoms with E-state index in [0.29, 0.717) is 11.4 Å². The molecule has 1 aliphatic carbocycles. The van der Waals surface area contributed by atoms with Gasteiger partial charge in [0, 0.05) is 13.1 Å². The number of nitrogens with one attached hydrogen (secondary N) is 1. The van der Waals surface area contributed by atoms with Gasteiger partial charge in [0.2, 0.25) is 15.9 Å². The van der Waals surface area contributed by atoms with E-state index >= 15 is 0 Å². The maximum atomic E-state index is 12.8. The Hall–Kier alpha value is -1.66. The van der Waals surface area contributed by atoms with E-state index < -0.39 is 10.0 Å². The average Bonchev–Trinajstić information content (AvgIpc) is 2.89. The quantitative estimate of drug-likeness (QED) is 0.805. The maximum absolute atomic E-state index is 12.8. The van der Waals surface area contributed by atoms with E-state index in [1.54, 1.807) is 12.1 Å². The standard InChI is InChI=1S/C20H26N2O3S/c1-14-18-13-17(12-16-8-5-11-22(19(16)18)20(14)23)26(24,25)21-10-9-15-6-3-2-4-7-15/h6,12-14,21H,2-5,7-11H2,1H3/t14-/m1/s1. The highest BCUT2D eigenvalue weighted by Gasteiger charge is 2.38. The van der Waals surface area contributed by atoms with Gasteiger partial charge in [-0.25, -0.2) is 13.1 Å². The summed E-state index contributed by atoms with van der Waals surface area (Å²) >= 11 is 0. The number of allylic oxidation sites excluding steroid dienone is 1. The zero-order chi connectivity index (χ0) is 18.3. The predicted octanol–water partition coefficient (Wildman–Crippen LogP) is 3.25. The minimum absolute atomic E-state index is 0.0905. The lowest BCUT2D eigenvalue weighted by Gasteiger charge is -2.26. The minimum atomic E-state index is -3.56. The van der Waals surface area contributed by atoms with Crippen LogP contribution in [-0.2, 0) is 21.2 Å². The van der Waals surface area contributed by atoms with Crippen molar-refractivity contribution in [3.8, 4) is 0 Å². The molecule has 5 nitrogen and oxygen atoms in total. The van der Waals surface area contributed by atoms with Crippen LogP contribution in [0.4, 0.5) is 5.69 Å². The number of carbonyl (C=O) groups excluding carboxylic acids is 1. The molecule has 4 rings (SSSR count). The summed E-state index contributed by atoms with van der Waals surface area (Å²) < 4.78 is 28.4. The number of sulfonamides is 1. The molecule has 1 atom stereocenters. The first-order valence-corrected chi connectivity index (χ1v) is 11.1. The Bertz CT molecular complexity index is 873. The van der Waals surface area contributed by atoms with Crippen LogP contribution in [0.5, 0.6) is 0 Å². The molecule has 2 aliphatic heterocycles. The molecule has 1 aromatic carbocycles. The summed E-state index contributed by atoms with van der Waals surface area (Å²) in [4.78, 5) is 14.6. The maximum Gasteiger partial charge on any atom is 0.240 e. The van der Waals surface area contributed by atoms with Gasteiger partial charge in [-0.3, -0.25) is 4.79 Å². The van der Waals surface area contributed by atoms with Crippen LogP contribution in [0.2, 0.25) is 0 Å². The lowest BCUT2D eigenvalue weighted by atomic mass is 9.97. The summed E-state index contributed by atoms with van der Waals surface area (Å²) in [5, 5.41) is 0. The SMILES string of the molecule is C[C@H]1C(=O)N2CCCc3cc(S(=O)(=O)NCCC4=CCCCC4)cc1c32. The van der Waals surface area contributed by atoms with E-state index in [0.717, 1.165) is 55.5 Å². The van der Waals surface area contributed by atoms with Gasteiger partial charge in [-0.2, -0.15) is 0 Å². The third-order valence-electron chi connectivity index (χ3n) is 5.83. The Morgan fingerprint density at radius 1 is 1.19 bits per heavy atom. The Morgan fingerprint density at radius 2 is 2.04 bits per heavy atom. The van der Waals surface area contributed by atoms with Crippen LogP contribution >= 0.6 is 0 Å². The molecule has 1 aromatic rings. The van der Waals surface area contributed by atoms with Crippen molar-refractivity contribution in [1.82, 2.24) is 4.72 Å². The number of benzene rings is 1. The fourth-order valence-corrected chi connectivity index (χ4v) is 5.50. The van der Waals surface area contributed by atoms with Gasteiger partial charge in [0.25, 0.3) is 0 Å². The van der Waals surface area contributed by atoms with E-state index in [1.807, 2.05) is 11.8 Å². The van der Waals surface area contributed by atoms with Crippen LogP contribution in [-0.4, -0.2) is 27.4 Å². The van der Waals surface area contributed by atoms with Crippen LogP contribution in [0.1, 0.15) is 62.5 Å². The second kappa shape index (κ2) is 6.82. The van der Waals surface area contributed by atoms with E-state index in [1.165, 1.54) is 18.4 Å². The summed E-state index contributed by atoms with van der Waals surface area (Å²) in [5.41, 5.74) is 4.17. The van der Waals surface area contributed by atoms with Gasteiger partial charge in [-0.05, 0) is 75.1 Å². The van der Waals surface area contributed by atoms with Gasteiger partial charge in [-0.1, -0.05) is 11.6 Å². The van der Waals surface area contributed by atoms with Gasteiger partial charge in [-0.15, -0.1) is 0 Å². The van der Waals surface area contributed by atoms with Crippen LogP contribution in [0.25, 0.3) is 0 Å². The lowest BCUT2D eigenvalue weighted by molar-refractivity contribution is -0.119. The van der Waals surface area contributed by atoms with Crippen LogP contribution in [0.3, 0.4) is 0 Å². The molecule has 140 valence electrons. The smallest absolute Gasteiger partial charge is 0.240 e. The average molecular weight is 375 g/mol. The molecule has 0 fully saturated rings. The van der Waals surface area contributed by atoms with Gasteiger partial charge >= 0.3 is 0 Å². The highest BCUT2D eigenvalue weighted by atomic mass is 32.2. The molecule has 6 heteroatoms. The topological polar surface area (TPSA) is 66.5 Å². The fourth-order valence-electron chi connectivity index (χ4n) is 4.38. The Balaban J connectivity index is 1.56. The second-order valence-electron chi connectivity index (χ2n) is 7.59. The highest BCUT2D eigenvalue weighted by Crippen LogP contribution is 2.43. The number of anilines is 1. The molecule has 1 N–H and O–H groups in total. The van der Waals surface area contributed by atoms with Crippen molar-refractivity contribution in [3.63, 3.8) is 0 Å². The van der Waals surface area contributed by atoms with Crippen LogP contribution in [0.15, 0.2) is 28.7 Å². The van der Waals surface area contributed by atoms with Gasteiger partial charge in [0.1, 0.15) is 0 Å². The fraction of sp³-hybridized carbons (Fsp3) is 0.550. The Morgan fingerprint density at radius 3 is 2.81 bits per heavy atom. The zero-order valence-corrected chi connectivity index (χ0v) is 16.1. The first kappa shape index (κ1) is 17.7. The van der Waals surface area contributed by atoms with Crippen molar-refractivity contribution in [2.45, 2.75) is 62.7 Å². The van der Waals surface area contributed by atoms with E-state index in [2.05, 4.69) is 10.8 Å². The van der Waals surface area contributed by atoms with Crippen LogP contribution < -0.4 is 9.62 Å². The number of nitrogens with zero attached hydrogens (tertiary/aromatic N) is 1. The molecule has 0 aromatic heterocycles. The molecule has 0 unspecified atom stereocenters. The molecular formula is C20H26N2O3S. The molecule has 0 spiro atoms. The molecule has 3 aliphatic rings. The molecule has 1 amide bonds. The predicted molar refractivity (Wildman–Crippen MR) is 102 cm³/mol. The van der Waals surface area contributed by atoms with Crippen molar-refractivity contribution in [2.75, 3.05) is 18.0 Å². The molecule has 0 bridgehead atoms. The normalized spacial score (nSPS) is 22.3. The minimum Gasteiger partial charge on any atom is -0.311 e. The van der Waals surface area contributed by atoms with Crippen molar-refractivity contribution in [3.05, 3.63) is 34.9 Å². The van der Waals surface area contributed by atoms with Gasteiger partial charge in [0.05, 0.1) is 16.5 Å². The van der Waals surface area contributed by atoms with E-state index in [9.17, 15) is 13.2 Å². The zero-order valence-electron chi connectivity index (χ0n) is 15.3. The third-order valence-corrected chi connectivity index (χ3v) is 7.27. The largest absolute Gasteiger partial charge is 0.311 e. The van der Waals surface area contributed by atoms with Crippen LogP contribution in [0, 0.1) is 0 Å². The van der Waals surface area contributed by atoms with Gasteiger partial charge < -0.3 is 4.90 Å². The molecule has 0 radical (unpaired) electrons. The van der Waals surface area contributed by atoms with E-state index in [-0.39, 0.29) is 11.8 Å². The summed E-state index contributed by atoms with van der Waals surface area (Å²) in [5.74, 6) is -0.169. The number of rotatable bonds is 5. The third kappa shape index (κ3) is 3.09. The summed E-state index contributed by atoms with van der Waals surface area (Å²) in [6.07, 6.45) is 9.37. The lowest BCUT2D eigenvalue weighted by Crippen LogP contribution is -2.32. The van der Waals surface area contributed by atoms with Crippen molar-refractivity contribution in [2.24, 2.45) is 0 Å². The number of hydrogen-bond donors (Lipinski definition) is 1. The molecular weight excluding hydrogens is 348 g/mol.